The molecule has 0 heterocycles. The van der Waals surface area contributed by atoms with Gasteiger partial charge in [0, 0.05) is 11.7 Å². The van der Waals surface area contributed by atoms with Crippen molar-refractivity contribution in [1.29, 1.82) is 0 Å². The maximum Gasteiger partial charge on any atom is 0.329 e. The molecule has 0 unspecified atom stereocenters. The van der Waals surface area contributed by atoms with E-state index in [0.29, 0.717) is 33.6 Å². The van der Waals surface area contributed by atoms with E-state index in [9.17, 15) is 14.4 Å². The molecule has 0 radical (unpaired) electrons. The highest BCUT2D eigenvalue weighted by Crippen LogP contribution is 2.36. The van der Waals surface area contributed by atoms with E-state index in [0.717, 1.165) is 5.56 Å². The number of nitrogens with one attached hydrogen (secondary N) is 3. The van der Waals surface area contributed by atoms with E-state index in [1.54, 1.807) is 19.1 Å². The van der Waals surface area contributed by atoms with Gasteiger partial charge < -0.3 is 20.1 Å². The van der Waals surface area contributed by atoms with E-state index in [4.69, 9.17) is 9.47 Å². The highest BCUT2D eigenvalue weighted by molar-refractivity contribution is 9.10. The molecule has 0 saturated carbocycles. The lowest BCUT2D eigenvalue weighted by Crippen LogP contribution is -2.41. The fourth-order valence-corrected chi connectivity index (χ4v) is 3.11. The third-order valence-corrected chi connectivity index (χ3v) is 5.10. The Labute approximate surface area is 201 Å². The minimum Gasteiger partial charge on any atom is -0.493 e. The Morgan fingerprint density at radius 3 is 2.48 bits per heavy atom. The summed E-state index contributed by atoms with van der Waals surface area (Å²) in [5.41, 5.74) is 4.51. The molecule has 0 saturated heterocycles. The maximum absolute atomic E-state index is 12.2. The van der Waals surface area contributed by atoms with Gasteiger partial charge in [0.15, 0.2) is 18.1 Å². The first-order valence-electron chi connectivity index (χ1n) is 10.2. The van der Waals surface area contributed by atoms with Crippen LogP contribution in [0.25, 0.3) is 0 Å². The molecule has 1 atom stereocenters. The van der Waals surface area contributed by atoms with Gasteiger partial charge in [0.1, 0.15) is 0 Å². The maximum atomic E-state index is 12.2. The summed E-state index contributed by atoms with van der Waals surface area (Å²) in [5, 5.41) is 9.11. The fraction of sp³-hybridized carbons (Fsp3) is 0.304. The normalized spacial score (nSPS) is 11.5. The average molecular weight is 519 g/mol. The van der Waals surface area contributed by atoms with Crippen molar-refractivity contribution in [2.45, 2.75) is 33.2 Å². The first-order valence-corrected chi connectivity index (χ1v) is 11.0. The second-order valence-corrected chi connectivity index (χ2v) is 8.07. The number of hydrazone groups is 1. The van der Waals surface area contributed by atoms with E-state index in [-0.39, 0.29) is 18.6 Å². The number of carbonyl (C=O) groups is 3. The van der Waals surface area contributed by atoms with Crippen molar-refractivity contribution < 1.29 is 23.9 Å². The van der Waals surface area contributed by atoms with Crippen LogP contribution in [0.1, 0.15) is 31.4 Å². The minimum absolute atomic E-state index is 0.112. The Morgan fingerprint density at radius 1 is 1.15 bits per heavy atom. The molecule has 2 aromatic carbocycles. The van der Waals surface area contributed by atoms with Gasteiger partial charge in [-0.15, -0.1) is 0 Å². The predicted molar refractivity (Wildman–Crippen MR) is 130 cm³/mol. The average Bonchev–Trinajstić information content (AvgIpc) is 2.79. The number of benzene rings is 2. The number of methoxy groups -OCH3 is 1. The van der Waals surface area contributed by atoms with Crippen LogP contribution >= 0.6 is 15.9 Å². The Morgan fingerprint density at radius 2 is 1.85 bits per heavy atom. The zero-order chi connectivity index (χ0) is 24.4. The van der Waals surface area contributed by atoms with Gasteiger partial charge in [-0.25, -0.2) is 5.43 Å². The smallest absolute Gasteiger partial charge is 0.329 e. The Balaban J connectivity index is 1.98. The van der Waals surface area contributed by atoms with E-state index >= 15 is 0 Å². The number of ether oxygens (including phenoxy) is 2. The summed E-state index contributed by atoms with van der Waals surface area (Å²) in [6, 6.07) is 10.6. The Bertz CT molecular complexity index is 1020. The predicted octanol–water partition coefficient (Wildman–Crippen LogP) is 3.15. The van der Waals surface area contributed by atoms with Crippen LogP contribution < -0.4 is 25.5 Å². The van der Waals surface area contributed by atoms with Crippen LogP contribution in [0.3, 0.4) is 0 Å². The molecule has 2 rings (SSSR count). The molecule has 0 spiro atoms. The van der Waals surface area contributed by atoms with Gasteiger partial charge in [0.2, 0.25) is 0 Å². The standard InChI is InChI=1S/C23H27BrN4O5/c1-5-15(3)26-22(30)23(31)28-25-12-16-10-18(24)21(19(11-16)32-4)33-13-20(29)27-17-8-6-14(2)7-9-17/h6-12,15H,5,13H2,1-4H3,(H,26,30)(H,27,29)(H,28,31)/b25-12-/t15-/m1/s1. The van der Waals surface area contributed by atoms with Crippen LogP contribution in [-0.4, -0.2) is 43.7 Å². The molecule has 176 valence electrons. The number of hydrogen-bond acceptors (Lipinski definition) is 6. The second-order valence-electron chi connectivity index (χ2n) is 7.22. The summed E-state index contributed by atoms with van der Waals surface area (Å²) in [7, 11) is 1.46. The van der Waals surface area contributed by atoms with Gasteiger partial charge in [-0.05, 0) is 66.0 Å². The first kappa shape index (κ1) is 25.9. The fourth-order valence-electron chi connectivity index (χ4n) is 2.53. The van der Waals surface area contributed by atoms with Gasteiger partial charge in [-0.2, -0.15) is 5.10 Å². The van der Waals surface area contributed by atoms with Crippen molar-refractivity contribution in [3.63, 3.8) is 0 Å². The van der Waals surface area contributed by atoms with Crippen LogP contribution in [0.2, 0.25) is 0 Å². The summed E-state index contributed by atoms with van der Waals surface area (Å²) >= 11 is 3.39. The van der Waals surface area contributed by atoms with Crippen LogP contribution in [0, 0.1) is 6.92 Å². The van der Waals surface area contributed by atoms with Crippen LogP contribution in [-0.2, 0) is 14.4 Å². The molecular formula is C23H27BrN4O5. The van der Waals surface area contributed by atoms with Gasteiger partial charge in [-0.1, -0.05) is 24.6 Å². The molecule has 0 aliphatic heterocycles. The lowest BCUT2D eigenvalue weighted by Gasteiger charge is -2.13. The van der Waals surface area contributed by atoms with Crippen molar-refractivity contribution in [3.8, 4) is 11.5 Å². The minimum atomic E-state index is -0.864. The number of anilines is 1. The topological polar surface area (TPSA) is 118 Å². The monoisotopic (exact) mass is 518 g/mol. The number of hydrogen-bond donors (Lipinski definition) is 3. The van der Waals surface area contributed by atoms with Gasteiger partial charge in [0.05, 0.1) is 17.8 Å². The zero-order valence-corrected chi connectivity index (χ0v) is 20.5. The van der Waals surface area contributed by atoms with E-state index < -0.39 is 11.8 Å². The molecule has 2 aromatic rings. The quantitative estimate of drug-likeness (QED) is 0.267. The van der Waals surface area contributed by atoms with Gasteiger partial charge in [0.25, 0.3) is 5.91 Å². The lowest BCUT2D eigenvalue weighted by molar-refractivity contribution is -0.139. The lowest BCUT2D eigenvalue weighted by atomic mass is 10.2. The van der Waals surface area contributed by atoms with Crippen molar-refractivity contribution in [2.24, 2.45) is 5.10 Å². The number of rotatable bonds is 9. The third kappa shape index (κ3) is 8.23. The van der Waals surface area contributed by atoms with Crippen molar-refractivity contribution in [2.75, 3.05) is 19.0 Å². The SMILES string of the molecule is CC[C@@H](C)NC(=O)C(=O)N/N=C\c1cc(Br)c(OCC(=O)Nc2ccc(C)cc2)c(OC)c1. The van der Waals surface area contributed by atoms with Gasteiger partial charge in [-0.3, -0.25) is 14.4 Å². The number of carbonyl (C=O) groups excluding carboxylic acids is 3. The molecule has 0 aliphatic rings. The van der Waals surface area contributed by atoms with Gasteiger partial charge >= 0.3 is 11.8 Å². The zero-order valence-electron chi connectivity index (χ0n) is 18.9. The summed E-state index contributed by atoms with van der Waals surface area (Å²) in [5.74, 6) is -1.25. The summed E-state index contributed by atoms with van der Waals surface area (Å²) in [4.78, 5) is 35.7. The van der Waals surface area contributed by atoms with Crippen molar-refractivity contribution in [1.82, 2.24) is 10.7 Å². The molecule has 3 amide bonds. The highest BCUT2D eigenvalue weighted by Gasteiger charge is 2.15. The van der Waals surface area contributed by atoms with Crippen molar-refractivity contribution >= 4 is 45.6 Å². The van der Waals surface area contributed by atoms with Crippen LogP contribution in [0.15, 0.2) is 46.0 Å². The number of nitrogens with zero attached hydrogens (tertiary/aromatic N) is 1. The summed E-state index contributed by atoms with van der Waals surface area (Å²) in [6.07, 6.45) is 2.06. The molecule has 33 heavy (non-hydrogen) atoms. The Hall–Kier alpha value is -3.40. The number of halogens is 1. The first-order chi connectivity index (χ1) is 15.7. The van der Waals surface area contributed by atoms with E-state index in [1.165, 1.54) is 13.3 Å². The number of amides is 3. The molecule has 3 N–H and O–H groups in total. The molecule has 0 bridgehead atoms. The molecular weight excluding hydrogens is 492 g/mol. The molecule has 10 heteroatoms. The van der Waals surface area contributed by atoms with E-state index in [2.05, 4.69) is 37.1 Å². The summed E-state index contributed by atoms with van der Waals surface area (Å²) in [6.45, 7) is 5.44. The largest absolute Gasteiger partial charge is 0.493 e. The highest BCUT2D eigenvalue weighted by atomic mass is 79.9. The van der Waals surface area contributed by atoms with Crippen LogP contribution in [0.5, 0.6) is 11.5 Å². The number of aryl methyl sites for hydroxylation is 1. The summed E-state index contributed by atoms with van der Waals surface area (Å²) < 4.78 is 11.5. The molecule has 9 nitrogen and oxygen atoms in total. The Kier molecular flexibility index (Phi) is 9.86. The molecule has 0 aromatic heterocycles. The third-order valence-electron chi connectivity index (χ3n) is 4.51. The molecule has 0 fully saturated rings. The second kappa shape index (κ2) is 12.6. The van der Waals surface area contributed by atoms with E-state index in [1.807, 2.05) is 38.1 Å². The van der Waals surface area contributed by atoms with Crippen molar-refractivity contribution in [3.05, 3.63) is 52.0 Å². The van der Waals surface area contributed by atoms with Crippen LogP contribution in [0.4, 0.5) is 5.69 Å². The molecule has 0 aliphatic carbocycles.